The van der Waals surface area contributed by atoms with Gasteiger partial charge in [-0.15, -0.1) is 9.74 Å². The Morgan fingerprint density at radius 3 is 2.78 bits per heavy atom. The Balaban J connectivity index is 2.74. The van der Waals surface area contributed by atoms with Crippen LogP contribution in [0.5, 0.6) is 0 Å². The molecule has 0 radical (unpaired) electrons. The van der Waals surface area contributed by atoms with E-state index in [0.29, 0.717) is 0 Å². The zero-order valence-corrected chi connectivity index (χ0v) is 6.11. The van der Waals surface area contributed by atoms with E-state index in [1.165, 1.54) is 4.64 Å². The number of hydrogen-bond donors (Lipinski definition) is 1. The van der Waals surface area contributed by atoms with Gasteiger partial charge in [-0.3, -0.25) is 5.43 Å². The standard InChI is InChI=1S/C5H8ClN3/c1-4-3-5(2)8-9(6)7-4/h3,7H,1-2H3. The third-order valence-electron chi connectivity index (χ3n) is 0.940. The fourth-order valence-electron chi connectivity index (χ4n) is 0.683. The molecule has 9 heavy (non-hydrogen) atoms. The van der Waals surface area contributed by atoms with E-state index >= 15 is 0 Å². The molecule has 3 nitrogen and oxygen atoms in total. The fourth-order valence-corrected chi connectivity index (χ4v) is 0.936. The molecule has 4 heteroatoms. The Bertz CT molecular complexity index is 173. The van der Waals surface area contributed by atoms with E-state index in [0.717, 1.165) is 11.4 Å². The van der Waals surface area contributed by atoms with Crippen molar-refractivity contribution in [1.29, 1.82) is 0 Å². The van der Waals surface area contributed by atoms with Gasteiger partial charge in [0.05, 0.1) is 17.5 Å². The summed E-state index contributed by atoms with van der Waals surface area (Å²) in [5.41, 5.74) is 4.68. The summed E-state index contributed by atoms with van der Waals surface area (Å²) in [5.74, 6) is 0. The Hall–Kier alpha value is -0.700. The molecule has 1 aliphatic heterocycles. The number of nitrogens with one attached hydrogen (secondary N) is 1. The topological polar surface area (TPSA) is 27.6 Å². The fraction of sp³-hybridized carbons (Fsp3) is 0.400. The van der Waals surface area contributed by atoms with Crippen LogP contribution in [-0.2, 0) is 0 Å². The normalized spacial score (nSPS) is 18.3. The maximum atomic E-state index is 5.50. The first-order valence-electron chi connectivity index (χ1n) is 2.64. The van der Waals surface area contributed by atoms with E-state index in [4.69, 9.17) is 11.8 Å². The lowest BCUT2D eigenvalue weighted by molar-refractivity contribution is 0.393. The number of nitrogens with zero attached hydrogens (tertiary/aromatic N) is 2. The van der Waals surface area contributed by atoms with Crippen LogP contribution >= 0.6 is 11.8 Å². The van der Waals surface area contributed by atoms with Crippen molar-refractivity contribution in [2.75, 3.05) is 0 Å². The van der Waals surface area contributed by atoms with Crippen LogP contribution in [0.4, 0.5) is 0 Å². The number of rotatable bonds is 0. The lowest BCUT2D eigenvalue weighted by Gasteiger charge is -2.16. The van der Waals surface area contributed by atoms with E-state index in [1.807, 2.05) is 19.9 Å². The predicted molar refractivity (Wildman–Crippen MR) is 37.7 cm³/mol. The molecule has 50 valence electrons. The predicted octanol–water partition coefficient (Wildman–Crippen LogP) is 1.24. The third kappa shape index (κ3) is 1.61. The minimum atomic E-state index is 0.904. The summed E-state index contributed by atoms with van der Waals surface area (Å²) in [5, 5.41) is 3.86. The lowest BCUT2D eigenvalue weighted by atomic mass is 10.3. The number of allylic oxidation sites excluding steroid dienone is 2. The van der Waals surface area contributed by atoms with Crippen LogP contribution in [0.1, 0.15) is 13.8 Å². The van der Waals surface area contributed by atoms with Gasteiger partial charge in [-0.1, -0.05) is 0 Å². The molecule has 0 unspecified atom stereocenters. The molecule has 0 saturated heterocycles. The van der Waals surface area contributed by atoms with Gasteiger partial charge in [0, 0.05) is 5.70 Å². The highest BCUT2D eigenvalue weighted by Crippen LogP contribution is 2.02. The number of hydrazone groups is 1. The van der Waals surface area contributed by atoms with Crippen LogP contribution in [0.15, 0.2) is 16.9 Å². The summed E-state index contributed by atoms with van der Waals surface area (Å²) in [6, 6.07) is 0. The van der Waals surface area contributed by atoms with Gasteiger partial charge in [0.1, 0.15) is 0 Å². The monoisotopic (exact) mass is 145 g/mol. The van der Waals surface area contributed by atoms with Crippen LogP contribution in [0, 0.1) is 0 Å². The minimum Gasteiger partial charge on any atom is -0.272 e. The number of hydrazine groups is 1. The first kappa shape index (κ1) is 6.42. The minimum absolute atomic E-state index is 0.904. The average molecular weight is 146 g/mol. The quantitative estimate of drug-likeness (QED) is 0.520. The van der Waals surface area contributed by atoms with Crippen molar-refractivity contribution in [2.24, 2.45) is 5.10 Å². The first-order chi connectivity index (χ1) is 4.18. The molecule has 1 aliphatic rings. The van der Waals surface area contributed by atoms with Crippen molar-refractivity contribution in [2.45, 2.75) is 13.8 Å². The Kier molecular flexibility index (Phi) is 1.62. The van der Waals surface area contributed by atoms with Crippen molar-refractivity contribution < 1.29 is 0 Å². The van der Waals surface area contributed by atoms with Crippen LogP contribution in [0.25, 0.3) is 0 Å². The zero-order valence-electron chi connectivity index (χ0n) is 5.35. The maximum absolute atomic E-state index is 5.50. The molecule has 1 rings (SSSR count). The summed E-state index contributed by atoms with van der Waals surface area (Å²) in [6.45, 7) is 3.81. The molecule has 0 amide bonds. The lowest BCUT2D eigenvalue weighted by Crippen LogP contribution is -2.27. The van der Waals surface area contributed by atoms with Crippen LogP contribution in [-0.4, -0.2) is 10.3 Å². The van der Waals surface area contributed by atoms with Crippen LogP contribution in [0.2, 0.25) is 0 Å². The summed E-state index contributed by atoms with van der Waals surface area (Å²) in [4.78, 5) is 0. The second-order valence-electron chi connectivity index (χ2n) is 1.94. The van der Waals surface area contributed by atoms with Crippen molar-refractivity contribution >= 4 is 17.5 Å². The molecule has 1 N–H and O–H groups in total. The molecule has 0 spiro atoms. The zero-order chi connectivity index (χ0) is 6.85. The summed E-state index contributed by atoms with van der Waals surface area (Å²) in [7, 11) is 0. The van der Waals surface area contributed by atoms with Crippen molar-refractivity contribution in [3.8, 4) is 0 Å². The highest BCUT2D eigenvalue weighted by atomic mass is 35.5. The molecule has 0 aliphatic carbocycles. The SMILES string of the molecule is CC1=CC(C)=NN(Cl)N1. The Morgan fingerprint density at radius 1 is 1.67 bits per heavy atom. The molecule has 0 atom stereocenters. The van der Waals surface area contributed by atoms with Gasteiger partial charge < -0.3 is 0 Å². The van der Waals surface area contributed by atoms with Crippen molar-refractivity contribution in [3.05, 3.63) is 11.8 Å². The summed E-state index contributed by atoms with van der Waals surface area (Å²) >= 11 is 5.50. The van der Waals surface area contributed by atoms with Gasteiger partial charge in [-0.05, 0) is 19.9 Å². The third-order valence-corrected chi connectivity index (χ3v) is 1.10. The highest BCUT2D eigenvalue weighted by molar-refractivity contribution is 6.14. The average Bonchev–Trinajstić information content (AvgIpc) is 1.59. The Morgan fingerprint density at radius 2 is 2.33 bits per heavy atom. The van der Waals surface area contributed by atoms with E-state index in [-0.39, 0.29) is 0 Å². The largest absolute Gasteiger partial charge is 0.272 e. The molecular weight excluding hydrogens is 138 g/mol. The van der Waals surface area contributed by atoms with Crippen molar-refractivity contribution in [3.63, 3.8) is 0 Å². The van der Waals surface area contributed by atoms with Gasteiger partial charge in [0.2, 0.25) is 0 Å². The van der Waals surface area contributed by atoms with Gasteiger partial charge in [-0.2, -0.15) is 0 Å². The molecule has 1 heterocycles. The van der Waals surface area contributed by atoms with E-state index < -0.39 is 0 Å². The molecular formula is C5H8ClN3. The highest BCUT2D eigenvalue weighted by Gasteiger charge is 2.02. The van der Waals surface area contributed by atoms with E-state index in [2.05, 4.69) is 10.5 Å². The number of hydrogen-bond acceptors (Lipinski definition) is 3. The summed E-state index contributed by atoms with van der Waals surface area (Å²) in [6.07, 6.45) is 1.92. The van der Waals surface area contributed by atoms with E-state index in [1.54, 1.807) is 0 Å². The van der Waals surface area contributed by atoms with Crippen LogP contribution < -0.4 is 5.43 Å². The van der Waals surface area contributed by atoms with Gasteiger partial charge in [0.25, 0.3) is 0 Å². The van der Waals surface area contributed by atoms with Gasteiger partial charge >= 0.3 is 0 Å². The van der Waals surface area contributed by atoms with Crippen LogP contribution in [0.3, 0.4) is 0 Å². The second-order valence-corrected chi connectivity index (χ2v) is 2.26. The van der Waals surface area contributed by atoms with Gasteiger partial charge in [-0.25, -0.2) is 0 Å². The van der Waals surface area contributed by atoms with Crippen molar-refractivity contribution in [1.82, 2.24) is 10.1 Å². The molecule has 0 aromatic carbocycles. The Labute approximate surface area is 59.1 Å². The molecule has 0 aromatic heterocycles. The maximum Gasteiger partial charge on any atom is 0.0627 e. The second kappa shape index (κ2) is 2.27. The molecule has 0 aromatic rings. The molecule has 0 fully saturated rings. The van der Waals surface area contributed by atoms with E-state index in [9.17, 15) is 0 Å². The smallest absolute Gasteiger partial charge is 0.0627 e. The van der Waals surface area contributed by atoms with Gasteiger partial charge in [0.15, 0.2) is 0 Å². The first-order valence-corrected chi connectivity index (χ1v) is 2.98. The summed E-state index contributed by atoms with van der Waals surface area (Å²) < 4.78 is 1.17. The number of halogens is 1. The molecule has 0 bridgehead atoms. The molecule has 0 saturated carbocycles.